The van der Waals surface area contributed by atoms with Crippen LogP contribution in [0.4, 0.5) is 5.82 Å². The molecule has 3 aliphatic rings. The number of carbonyl (C=O) groups is 1. The lowest BCUT2D eigenvalue weighted by Gasteiger charge is -2.39. The van der Waals surface area contributed by atoms with Crippen molar-refractivity contribution in [3.05, 3.63) is 23.9 Å². The number of nitrogens with zero attached hydrogens (tertiary/aromatic N) is 4. The van der Waals surface area contributed by atoms with Gasteiger partial charge < -0.3 is 14.9 Å². The molecule has 148 valence electrons. The number of rotatable bonds is 5. The Bertz CT molecular complexity index is 616. The summed E-state index contributed by atoms with van der Waals surface area (Å²) in [5.41, 5.74) is 0.808. The molecule has 3 saturated heterocycles. The molecule has 3 aliphatic heterocycles. The third kappa shape index (κ3) is 4.27. The standard InChI is InChI=1S/C21H32N4O2/c26-21(27)20(25-14-8-18(9-15-25)23-10-4-5-11-23)17-6-7-19(22-16-17)24-12-2-1-3-13-24/h6-7,16,18,20H,1-5,8-15H2,(H,26,27)/t20-/m1/s1. The lowest BCUT2D eigenvalue weighted by atomic mass is 9.99. The average molecular weight is 373 g/mol. The van der Waals surface area contributed by atoms with Gasteiger partial charge in [-0.15, -0.1) is 0 Å². The molecular weight excluding hydrogens is 340 g/mol. The Kier molecular flexibility index (Phi) is 5.93. The number of carboxylic acid groups (broad SMARTS) is 1. The lowest BCUT2D eigenvalue weighted by Crippen LogP contribution is -2.46. The van der Waals surface area contributed by atoms with Gasteiger partial charge in [0.25, 0.3) is 0 Å². The monoisotopic (exact) mass is 372 g/mol. The Labute approximate surface area is 162 Å². The Balaban J connectivity index is 1.41. The molecule has 4 heterocycles. The summed E-state index contributed by atoms with van der Waals surface area (Å²) in [4.78, 5) is 23.7. The topological polar surface area (TPSA) is 59.9 Å². The highest BCUT2D eigenvalue weighted by atomic mass is 16.4. The summed E-state index contributed by atoms with van der Waals surface area (Å²) in [6, 6.07) is 4.04. The number of pyridine rings is 1. The van der Waals surface area contributed by atoms with Gasteiger partial charge in [0.15, 0.2) is 0 Å². The molecule has 1 aromatic rings. The molecule has 27 heavy (non-hydrogen) atoms. The fourth-order valence-corrected chi connectivity index (χ4v) is 4.99. The van der Waals surface area contributed by atoms with Crippen LogP contribution < -0.4 is 4.90 Å². The maximum absolute atomic E-state index is 12.0. The van der Waals surface area contributed by atoms with Crippen molar-refractivity contribution in [3.63, 3.8) is 0 Å². The third-order valence-electron chi connectivity index (χ3n) is 6.52. The molecule has 0 aromatic carbocycles. The number of aliphatic carboxylic acids is 1. The molecule has 0 saturated carbocycles. The van der Waals surface area contributed by atoms with E-state index in [2.05, 4.69) is 19.7 Å². The Morgan fingerprint density at radius 1 is 0.963 bits per heavy atom. The van der Waals surface area contributed by atoms with E-state index in [1.54, 1.807) is 6.20 Å². The van der Waals surface area contributed by atoms with E-state index < -0.39 is 12.0 Å². The first-order valence-corrected chi connectivity index (χ1v) is 10.6. The van der Waals surface area contributed by atoms with E-state index in [1.807, 2.05) is 12.1 Å². The number of aromatic nitrogens is 1. The molecule has 0 aliphatic carbocycles. The Morgan fingerprint density at radius 2 is 1.63 bits per heavy atom. The van der Waals surface area contributed by atoms with Crippen molar-refractivity contribution < 1.29 is 9.90 Å². The number of carboxylic acids is 1. The maximum Gasteiger partial charge on any atom is 0.325 e. The van der Waals surface area contributed by atoms with Gasteiger partial charge in [-0.1, -0.05) is 6.07 Å². The summed E-state index contributed by atoms with van der Waals surface area (Å²) in [6.07, 6.45) is 10.3. The number of hydrogen-bond acceptors (Lipinski definition) is 5. The largest absolute Gasteiger partial charge is 0.480 e. The fraction of sp³-hybridized carbons (Fsp3) is 0.714. The van der Waals surface area contributed by atoms with Crippen LogP contribution in [-0.2, 0) is 4.79 Å². The first kappa shape index (κ1) is 18.7. The van der Waals surface area contributed by atoms with E-state index >= 15 is 0 Å². The predicted octanol–water partition coefficient (Wildman–Crippen LogP) is 2.76. The van der Waals surface area contributed by atoms with Crippen LogP contribution in [0.25, 0.3) is 0 Å². The Morgan fingerprint density at radius 3 is 2.22 bits per heavy atom. The molecule has 0 radical (unpaired) electrons. The van der Waals surface area contributed by atoms with Gasteiger partial charge in [-0.2, -0.15) is 0 Å². The zero-order valence-corrected chi connectivity index (χ0v) is 16.2. The van der Waals surface area contributed by atoms with Crippen LogP contribution in [0.1, 0.15) is 56.6 Å². The zero-order valence-electron chi connectivity index (χ0n) is 16.2. The zero-order chi connectivity index (χ0) is 18.6. The summed E-state index contributed by atoms with van der Waals surface area (Å²) in [6.45, 7) is 6.25. The normalized spacial score (nSPS) is 24.2. The van der Waals surface area contributed by atoms with Crippen LogP contribution in [0, 0.1) is 0 Å². The van der Waals surface area contributed by atoms with Gasteiger partial charge in [0, 0.05) is 38.4 Å². The van der Waals surface area contributed by atoms with Gasteiger partial charge in [0.05, 0.1) is 0 Å². The van der Waals surface area contributed by atoms with Crippen molar-refractivity contribution >= 4 is 11.8 Å². The molecule has 0 bridgehead atoms. The maximum atomic E-state index is 12.0. The van der Waals surface area contributed by atoms with Crippen LogP contribution in [0.15, 0.2) is 18.3 Å². The van der Waals surface area contributed by atoms with Crippen molar-refractivity contribution in [3.8, 4) is 0 Å². The minimum atomic E-state index is -0.762. The van der Waals surface area contributed by atoms with E-state index in [0.29, 0.717) is 6.04 Å². The first-order valence-electron chi connectivity index (χ1n) is 10.6. The van der Waals surface area contributed by atoms with Crippen LogP contribution in [0.5, 0.6) is 0 Å². The summed E-state index contributed by atoms with van der Waals surface area (Å²) >= 11 is 0. The van der Waals surface area contributed by atoms with Crippen molar-refractivity contribution in [1.29, 1.82) is 0 Å². The average Bonchev–Trinajstić information content (AvgIpc) is 3.25. The van der Waals surface area contributed by atoms with Crippen LogP contribution in [0.3, 0.4) is 0 Å². The quantitative estimate of drug-likeness (QED) is 0.858. The van der Waals surface area contributed by atoms with Gasteiger partial charge in [-0.05, 0) is 69.7 Å². The third-order valence-corrected chi connectivity index (χ3v) is 6.52. The number of anilines is 1. The highest BCUT2D eigenvalue weighted by Gasteiger charge is 2.33. The molecule has 3 fully saturated rings. The van der Waals surface area contributed by atoms with Crippen LogP contribution >= 0.6 is 0 Å². The fourth-order valence-electron chi connectivity index (χ4n) is 4.99. The van der Waals surface area contributed by atoms with Gasteiger partial charge in [-0.3, -0.25) is 9.69 Å². The van der Waals surface area contributed by atoms with Crippen molar-refractivity contribution in [2.75, 3.05) is 44.2 Å². The molecule has 1 aromatic heterocycles. The van der Waals surface area contributed by atoms with Crippen molar-refractivity contribution in [2.24, 2.45) is 0 Å². The molecule has 1 atom stereocenters. The SMILES string of the molecule is O=C(O)[C@@H](c1ccc(N2CCCCC2)nc1)N1CCC(N2CCCC2)CC1. The highest BCUT2D eigenvalue weighted by molar-refractivity contribution is 5.75. The molecule has 6 nitrogen and oxygen atoms in total. The minimum Gasteiger partial charge on any atom is -0.480 e. The lowest BCUT2D eigenvalue weighted by molar-refractivity contribution is -0.144. The van der Waals surface area contributed by atoms with E-state index in [-0.39, 0.29) is 0 Å². The second-order valence-electron chi connectivity index (χ2n) is 8.25. The van der Waals surface area contributed by atoms with E-state index in [4.69, 9.17) is 0 Å². The second kappa shape index (κ2) is 8.57. The van der Waals surface area contributed by atoms with Crippen molar-refractivity contribution in [1.82, 2.24) is 14.8 Å². The first-order chi connectivity index (χ1) is 13.2. The molecule has 4 rings (SSSR count). The molecule has 6 heteroatoms. The Hall–Kier alpha value is -1.66. The highest BCUT2D eigenvalue weighted by Crippen LogP contribution is 2.29. The predicted molar refractivity (Wildman–Crippen MR) is 106 cm³/mol. The summed E-state index contributed by atoms with van der Waals surface area (Å²) in [5, 5.41) is 9.88. The molecule has 1 N–H and O–H groups in total. The van der Waals surface area contributed by atoms with Crippen LogP contribution in [0.2, 0.25) is 0 Å². The van der Waals surface area contributed by atoms with Gasteiger partial charge in [-0.25, -0.2) is 4.98 Å². The van der Waals surface area contributed by atoms with Gasteiger partial charge in [0.2, 0.25) is 0 Å². The molecule has 0 amide bonds. The van der Waals surface area contributed by atoms with Crippen LogP contribution in [-0.4, -0.2) is 71.2 Å². The van der Waals surface area contributed by atoms with Crippen molar-refractivity contribution in [2.45, 2.75) is 57.0 Å². The molecular formula is C21H32N4O2. The smallest absolute Gasteiger partial charge is 0.325 e. The number of likely N-dealkylation sites (tertiary alicyclic amines) is 2. The second-order valence-corrected chi connectivity index (χ2v) is 8.25. The van der Waals surface area contributed by atoms with Gasteiger partial charge >= 0.3 is 5.97 Å². The molecule has 0 unspecified atom stereocenters. The summed E-state index contributed by atoms with van der Waals surface area (Å²) in [5.74, 6) is 0.220. The van der Waals surface area contributed by atoms with E-state index in [0.717, 1.165) is 50.4 Å². The van der Waals surface area contributed by atoms with E-state index in [9.17, 15) is 9.90 Å². The van der Waals surface area contributed by atoms with E-state index in [1.165, 1.54) is 45.2 Å². The summed E-state index contributed by atoms with van der Waals surface area (Å²) in [7, 11) is 0. The number of hydrogen-bond donors (Lipinski definition) is 1. The minimum absolute atomic E-state index is 0.576. The molecule has 0 spiro atoms. The summed E-state index contributed by atoms with van der Waals surface area (Å²) < 4.78 is 0. The van der Waals surface area contributed by atoms with Gasteiger partial charge in [0.1, 0.15) is 11.9 Å². The number of piperidine rings is 2.